The highest BCUT2D eigenvalue weighted by atomic mass is 19.4. The lowest BCUT2D eigenvalue weighted by Gasteiger charge is -2.27. The van der Waals surface area contributed by atoms with Crippen LogP contribution in [0.25, 0.3) is 0 Å². The van der Waals surface area contributed by atoms with Gasteiger partial charge >= 0.3 is 6.18 Å². The Morgan fingerprint density at radius 1 is 1.10 bits per heavy atom. The molecule has 1 atom stereocenters. The molecule has 0 aromatic heterocycles. The van der Waals surface area contributed by atoms with E-state index in [9.17, 15) is 13.2 Å². The third-order valence-electron chi connectivity index (χ3n) is 3.56. The summed E-state index contributed by atoms with van der Waals surface area (Å²) >= 11 is 0. The van der Waals surface area contributed by atoms with Crippen LogP contribution in [0.15, 0.2) is 24.3 Å². The lowest BCUT2D eigenvalue weighted by molar-refractivity contribution is -0.150. The Bertz CT molecular complexity index is 413. The second-order valence-electron chi connectivity index (χ2n) is 5.81. The van der Waals surface area contributed by atoms with Gasteiger partial charge < -0.3 is 5.32 Å². The van der Waals surface area contributed by atoms with Crippen LogP contribution in [0.4, 0.5) is 13.2 Å². The SMILES string of the molecule is CNCC(C)c1ccc(CN(CC(F)(F)F)C(C)C)cc1. The summed E-state index contributed by atoms with van der Waals surface area (Å²) in [6, 6.07) is 7.71. The maximum absolute atomic E-state index is 12.6. The fraction of sp³-hybridized carbons (Fsp3) is 0.625. The van der Waals surface area contributed by atoms with Crippen LogP contribution in [0.1, 0.15) is 37.8 Å². The predicted octanol–water partition coefficient (Wildman–Crippen LogP) is 3.78. The van der Waals surface area contributed by atoms with E-state index >= 15 is 0 Å². The topological polar surface area (TPSA) is 15.3 Å². The van der Waals surface area contributed by atoms with Gasteiger partial charge in [0, 0.05) is 19.1 Å². The van der Waals surface area contributed by atoms with Crippen molar-refractivity contribution in [1.29, 1.82) is 0 Å². The van der Waals surface area contributed by atoms with Crippen molar-refractivity contribution in [3.63, 3.8) is 0 Å². The molecule has 1 rings (SSSR count). The van der Waals surface area contributed by atoms with Gasteiger partial charge in [0.25, 0.3) is 0 Å². The molecule has 120 valence electrons. The zero-order valence-corrected chi connectivity index (χ0v) is 13.2. The number of halogens is 3. The molecule has 0 aliphatic heterocycles. The van der Waals surface area contributed by atoms with Crippen LogP contribution in [0.5, 0.6) is 0 Å². The number of benzene rings is 1. The molecule has 0 fully saturated rings. The van der Waals surface area contributed by atoms with E-state index in [1.54, 1.807) is 13.8 Å². The number of hydrogen-bond donors (Lipinski definition) is 1. The van der Waals surface area contributed by atoms with Crippen LogP contribution in [-0.4, -0.2) is 37.3 Å². The standard InChI is InChI=1S/C16H25F3N2/c1-12(2)21(11-16(17,18)19)10-14-5-7-15(8-6-14)13(3)9-20-4/h5-8,12-13,20H,9-11H2,1-4H3. The van der Waals surface area contributed by atoms with Crippen LogP contribution in [-0.2, 0) is 6.54 Å². The zero-order valence-electron chi connectivity index (χ0n) is 13.2. The lowest BCUT2D eigenvalue weighted by Crippen LogP contribution is -2.38. The van der Waals surface area contributed by atoms with E-state index < -0.39 is 12.7 Å². The molecule has 1 aromatic carbocycles. The van der Waals surface area contributed by atoms with Crippen LogP contribution < -0.4 is 5.32 Å². The third-order valence-corrected chi connectivity index (χ3v) is 3.56. The highest BCUT2D eigenvalue weighted by molar-refractivity contribution is 5.25. The number of nitrogens with zero attached hydrogens (tertiary/aromatic N) is 1. The first-order chi connectivity index (χ1) is 9.73. The molecule has 21 heavy (non-hydrogen) atoms. The van der Waals surface area contributed by atoms with E-state index in [0.29, 0.717) is 12.5 Å². The summed E-state index contributed by atoms with van der Waals surface area (Å²) in [7, 11) is 1.91. The van der Waals surface area contributed by atoms with Crippen molar-refractivity contribution in [2.24, 2.45) is 0 Å². The van der Waals surface area contributed by atoms with Gasteiger partial charge in [-0.05, 0) is 37.9 Å². The van der Waals surface area contributed by atoms with Crippen molar-refractivity contribution >= 4 is 0 Å². The lowest BCUT2D eigenvalue weighted by atomic mass is 9.99. The Hall–Kier alpha value is -1.07. The van der Waals surface area contributed by atoms with Crippen LogP contribution in [0.2, 0.25) is 0 Å². The largest absolute Gasteiger partial charge is 0.401 e. The number of hydrogen-bond acceptors (Lipinski definition) is 2. The van der Waals surface area contributed by atoms with E-state index in [-0.39, 0.29) is 6.04 Å². The number of nitrogens with one attached hydrogen (secondary N) is 1. The van der Waals surface area contributed by atoms with E-state index in [1.807, 2.05) is 31.3 Å². The monoisotopic (exact) mass is 302 g/mol. The van der Waals surface area contributed by atoms with Gasteiger partial charge in [0.15, 0.2) is 0 Å². The fourth-order valence-electron chi connectivity index (χ4n) is 2.26. The van der Waals surface area contributed by atoms with Crippen LogP contribution in [0.3, 0.4) is 0 Å². The smallest absolute Gasteiger partial charge is 0.319 e. The maximum Gasteiger partial charge on any atom is 0.401 e. The Balaban J connectivity index is 2.72. The Kier molecular flexibility index (Phi) is 6.68. The minimum absolute atomic E-state index is 0.144. The van der Waals surface area contributed by atoms with E-state index in [2.05, 4.69) is 12.2 Å². The number of alkyl halides is 3. The van der Waals surface area contributed by atoms with Gasteiger partial charge in [0.1, 0.15) is 0 Å². The van der Waals surface area contributed by atoms with Crippen LogP contribution in [0, 0.1) is 0 Å². The van der Waals surface area contributed by atoms with E-state index in [0.717, 1.165) is 12.1 Å². The van der Waals surface area contributed by atoms with Crippen molar-refractivity contribution < 1.29 is 13.2 Å². The minimum atomic E-state index is -4.16. The molecule has 0 aliphatic carbocycles. The van der Waals surface area contributed by atoms with Crippen molar-refractivity contribution in [3.05, 3.63) is 35.4 Å². The van der Waals surface area contributed by atoms with Gasteiger partial charge in [-0.15, -0.1) is 0 Å². The molecule has 0 amide bonds. The zero-order chi connectivity index (χ0) is 16.0. The summed E-state index contributed by atoms with van der Waals surface area (Å²) < 4.78 is 37.7. The van der Waals surface area contributed by atoms with Gasteiger partial charge in [0.05, 0.1) is 6.54 Å². The van der Waals surface area contributed by atoms with Gasteiger partial charge in [-0.1, -0.05) is 31.2 Å². The van der Waals surface area contributed by atoms with Gasteiger partial charge in [-0.2, -0.15) is 13.2 Å². The second-order valence-corrected chi connectivity index (χ2v) is 5.81. The van der Waals surface area contributed by atoms with Crippen molar-refractivity contribution in [2.75, 3.05) is 20.1 Å². The molecule has 0 saturated carbocycles. The quantitative estimate of drug-likeness (QED) is 0.824. The Morgan fingerprint density at radius 3 is 2.10 bits per heavy atom. The van der Waals surface area contributed by atoms with E-state index in [4.69, 9.17) is 0 Å². The molecule has 0 spiro atoms. The summed E-state index contributed by atoms with van der Waals surface area (Å²) in [6.07, 6.45) is -4.16. The van der Waals surface area contributed by atoms with Gasteiger partial charge in [0.2, 0.25) is 0 Å². The van der Waals surface area contributed by atoms with Crippen molar-refractivity contribution in [1.82, 2.24) is 10.2 Å². The molecule has 0 heterocycles. The molecule has 0 aliphatic rings. The summed E-state index contributed by atoms with van der Waals surface area (Å²) in [6.45, 7) is 6.02. The molecule has 2 nitrogen and oxygen atoms in total. The Labute approximate surface area is 125 Å². The molecule has 0 saturated heterocycles. The number of likely N-dealkylation sites (N-methyl/N-ethyl adjacent to an activating group) is 1. The molecular weight excluding hydrogens is 277 g/mol. The fourth-order valence-corrected chi connectivity index (χ4v) is 2.26. The highest BCUT2D eigenvalue weighted by Gasteiger charge is 2.31. The Morgan fingerprint density at radius 2 is 1.67 bits per heavy atom. The van der Waals surface area contributed by atoms with Gasteiger partial charge in [-0.25, -0.2) is 0 Å². The molecular formula is C16H25F3N2. The van der Waals surface area contributed by atoms with Gasteiger partial charge in [-0.3, -0.25) is 4.90 Å². The number of rotatable bonds is 7. The van der Waals surface area contributed by atoms with E-state index in [1.165, 1.54) is 10.5 Å². The van der Waals surface area contributed by atoms with Crippen molar-refractivity contribution in [2.45, 2.75) is 45.5 Å². The molecule has 0 bridgehead atoms. The van der Waals surface area contributed by atoms with Crippen molar-refractivity contribution in [3.8, 4) is 0 Å². The molecule has 5 heteroatoms. The molecule has 1 N–H and O–H groups in total. The molecule has 0 radical (unpaired) electrons. The summed E-state index contributed by atoms with van der Waals surface area (Å²) in [5, 5.41) is 3.12. The molecule has 1 unspecified atom stereocenters. The second kappa shape index (κ2) is 7.80. The predicted molar refractivity (Wildman–Crippen MR) is 80.4 cm³/mol. The van der Waals surface area contributed by atoms with Crippen LogP contribution >= 0.6 is 0 Å². The average molecular weight is 302 g/mol. The summed E-state index contributed by atoms with van der Waals surface area (Å²) in [5.41, 5.74) is 2.10. The summed E-state index contributed by atoms with van der Waals surface area (Å²) in [4.78, 5) is 1.44. The molecule has 1 aromatic rings. The average Bonchev–Trinajstić information content (AvgIpc) is 2.37. The third kappa shape index (κ3) is 6.48. The minimum Gasteiger partial charge on any atom is -0.319 e. The normalized spacial score (nSPS) is 14.0. The maximum atomic E-state index is 12.6. The highest BCUT2D eigenvalue weighted by Crippen LogP contribution is 2.21. The first-order valence-corrected chi connectivity index (χ1v) is 7.27. The first kappa shape index (κ1) is 18.0. The summed E-state index contributed by atoms with van der Waals surface area (Å²) in [5.74, 6) is 0.389. The first-order valence-electron chi connectivity index (χ1n) is 7.27.